The molecule has 0 aliphatic heterocycles. The largest absolute Gasteiger partial charge is 0.385 e. The van der Waals surface area contributed by atoms with Gasteiger partial charge in [0.15, 0.2) is 5.96 Å². The Balaban J connectivity index is 2.70. The number of hydrogen-bond acceptors (Lipinski definition) is 3. The summed E-state index contributed by atoms with van der Waals surface area (Å²) in [6, 6.07) is 7.58. The second-order valence-corrected chi connectivity index (χ2v) is 6.87. The fraction of sp³-hybridized carbons (Fsp3) is 0.579. The van der Waals surface area contributed by atoms with E-state index in [1.165, 1.54) is 0 Å². The lowest BCUT2D eigenvalue weighted by Crippen LogP contribution is -2.40. The molecule has 0 fully saturated rings. The van der Waals surface area contributed by atoms with E-state index in [0.717, 1.165) is 37.6 Å². The van der Waals surface area contributed by atoms with Gasteiger partial charge in [-0.15, -0.1) is 0 Å². The normalized spacial score (nSPS) is 12.0. The van der Waals surface area contributed by atoms with Gasteiger partial charge in [-0.25, -0.2) is 4.99 Å². The van der Waals surface area contributed by atoms with Crippen LogP contribution in [0.2, 0.25) is 0 Å². The summed E-state index contributed by atoms with van der Waals surface area (Å²) in [5.74, 6) is 0.700. The quantitative estimate of drug-likeness (QED) is 0.383. The molecule has 6 nitrogen and oxygen atoms in total. The first-order valence-electron chi connectivity index (χ1n) is 8.78. The van der Waals surface area contributed by atoms with Gasteiger partial charge in [-0.2, -0.15) is 0 Å². The number of nitrogens with one attached hydrogen (secondary N) is 3. The van der Waals surface area contributed by atoms with Gasteiger partial charge in [0.2, 0.25) is 0 Å². The lowest BCUT2D eigenvalue weighted by atomic mass is 10.1. The topological polar surface area (TPSA) is 74.8 Å². The molecule has 0 heterocycles. The Morgan fingerprint density at radius 1 is 1.24 bits per heavy atom. The molecular weight excluding hydrogens is 316 g/mol. The minimum absolute atomic E-state index is 0.0667. The number of ether oxygens (including phenoxy) is 1. The Morgan fingerprint density at radius 3 is 2.64 bits per heavy atom. The molecular formula is C19H32N4O2. The first-order valence-corrected chi connectivity index (χ1v) is 8.78. The van der Waals surface area contributed by atoms with E-state index in [-0.39, 0.29) is 11.4 Å². The molecule has 1 aromatic rings. The van der Waals surface area contributed by atoms with Crippen LogP contribution in [0.15, 0.2) is 29.3 Å². The number of hydrogen-bond donors (Lipinski definition) is 3. The Kier molecular flexibility index (Phi) is 8.99. The summed E-state index contributed by atoms with van der Waals surface area (Å²) < 4.78 is 5.04. The minimum Gasteiger partial charge on any atom is -0.385 e. The van der Waals surface area contributed by atoms with Crippen molar-refractivity contribution in [2.24, 2.45) is 4.99 Å². The zero-order valence-electron chi connectivity index (χ0n) is 16.1. The van der Waals surface area contributed by atoms with E-state index in [1.807, 2.05) is 52.0 Å². The van der Waals surface area contributed by atoms with Crippen molar-refractivity contribution < 1.29 is 9.53 Å². The number of nitrogens with zero attached hydrogens (tertiary/aromatic N) is 1. The molecule has 6 heteroatoms. The van der Waals surface area contributed by atoms with E-state index in [4.69, 9.17) is 4.74 Å². The van der Waals surface area contributed by atoms with Gasteiger partial charge in [0, 0.05) is 37.9 Å². The van der Waals surface area contributed by atoms with E-state index in [1.54, 1.807) is 7.11 Å². The van der Waals surface area contributed by atoms with E-state index >= 15 is 0 Å². The molecule has 0 aliphatic carbocycles. The number of aliphatic imine (C=N–C) groups is 1. The molecule has 0 atom stereocenters. The average Bonchev–Trinajstić information content (AvgIpc) is 2.55. The summed E-state index contributed by atoms with van der Waals surface area (Å²) in [6.45, 7) is 10.8. The number of amides is 1. The number of methoxy groups -OCH3 is 1. The second kappa shape index (κ2) is 10.7. The van der Waals surface area contributed by atoms with E-state index < -0.39 is 0 Å². The van der Waals surface area contributed by atoms with Crippen LogP contribution in [0.25, 0.3) is 0 Å². The van der Waals surface area contributed by atoms with Gasteiger partial charge < -0.3 is 20.7 Å². The first kappa shape index (κ1) is 21.0. The zero-order chi connectivity index (χ0) is 18.7. The SMILES string of the molecule is CCNC(=NCc1cccc(C(=O)NC(C)(C)C)c1)NCCCOC. The van der Waals surface area contributed by atoms with Crippen LogP contribution in [0.4, 0.5) is 0 Å². The molecule has 140 valence electrons. The molecule has 0 aliphatic rings. The van der Waals surface area contributed by atoms with Crippen LogP contribution in [0.3, 0.4) is 0 Å². The summed E-state index contributed by atoms with van der Waals surface area (Å²) in [6.07, 6.45) is 0.920. The molecule has 0 unspecified atom stereocenters. The standard InChI is InChI=1S/C19H32N4O2/c1-6-20-18(21-11-8-12-25-5)22-14-15-9-7-10-16(13-15)17(24)23-19(2,3)4/h7,9-10,13H,6,8,11-12,14H2,1-5H3,(H,23,24)(H2,20,21,22). The van der Waals surface area contributed by atoms with Crippen LogP contribution in [-0.4, -0.2) is 44.2 Å². The van der Waals surface area contributed by atoms with E-state index in [0.29, 0.717) is 12.1 Å². The van der Waals surface area contributed by atoms with Crippen molar-refractivity contribution in [3.8, 4) is 0 Å². The summed E-state index contributed by atoms with van der Waals surface area (Å²) in [5.41, 5.74) is 1.39. The minimum atomic E-state index is -0.254. The zero-order valence-corrected chi connectivity index (χ0v) is 16.1. The highest BCUT2D eigenvalue weighted by molar-refractivity contribution is 5.94. The third-order valence-corrected chi connectivity index (χ3v) is 3.26. The fourth-order valence-corrected chi connectivity index (χ4v) is 2.16. The molecule has 0 saturated heterocycles. The third-order valence-electron chi connectivity index (χ3n) is 3.26. The van der Waals surface area contributed by atoms with Crippen molar-refractivity contribution >= 4 is 11.9 Å². The summed E-state index contributed by atoms with van der Waals surface area (Å²) in [5, 5.41) is 9.47. The maximum Gasteiger partial charge on any atom is 0.251 e. The van der Waals surface area contributed by atoms with Crippen molar-refractivity contribution in [3.63, 3.8) is 0 Å². The Labute approximate surface area is 151 Å². The highest BCUT2D eigenvalue weighted by Gasteiger charge is 2.15. The Bertz CT molecular complexity index is 565. The molecule has 1 amide bonds. The van der Waals surface area contributed by atoms with Crippen molar-refractivity contribution in [1.82, 2.24) is 16.0 Å². The number of guanidine groups is 1. The van der Waals surface area contributed by atoms with Gasteiger partial charge in [0.05, 0.1) is 6.54 Å². The third kappa shape index (κ3) is 9.10. The van der Waals surface area contributed by atoms with Crippen molar-refractivity contribution in [2.45, 2.75) is 46.2 Å². The molecule has 0 radical (unpaired) electrons. The van der Waals surface area contributed by atoms with Crippen molar-refractivity contribution in [3.05, 3.63) is 35.4 Å². The molecule has 3 N–H and O–H groups in total. The number of carbonyl (C=O) groups is 1. The fourth-order valence-electron chi connectivity index (χ4n) is 2.16. The van der Waals surface area contributed by atoms with Crippen LogP contribution < -0.4 is 16.0 Å². The smallest absolute Gasteiger partial charge is 0.251 e. The maximum absolute atomic E-state index is 12.3. The molecule has 1 rings (SSSR count). The van der Waals surface area contributed by atoms with Crippen molar-refractivity contribution in [2.75, 3.05) is 26.8 Å². The van der Waals surface area contributed by atoms with Crippen LogP contribution >= 0.6 is 0 Å². The number of benzene rings is 1. The number of carbonyl (C=O) groups excluding carboxylic acids is 1. The molecule has 0 bridgehead atoms. The van der Waals surface area contributed by atoms with Gasteiger partial charge in [0.1, 0.15) is 0 Å². The van der Waals surface area contributed by atoms with Gasteiger partial charge in [-0.05, 0) is 51.8 Å². The van der Waals surface area contributed by atoms with Gasteiger partial charge in [0.25, 0.3) is 5.91 Å². The summed E-state index contributed by atoms with van der Waals surface area (Å²) in [7, 11) is 1.70. The Hall–Kier alpha value is -2.08. The number of rotatable bonds is 8. The van der Waals surface area contributed by atoms with Crippen LogP contribution in [0, 0.1) is 0 Å². The maximum atomic E-state index is 12.3. The highest BCUT2D eigenvalue weighted by atomic mass is 16.5. The average molecular weight is 348 g/mol. The van der Waals surface area contributed by atoms with Gasteiger partial charge >= 0.3 is 0 Å². The molecule has 1 aromatic carbocycles. The lowest BCUT2D eigenvalue weighted by Gasteiger charge is -2.20. The molecule has 25 heavy (non-hydrogen) atoms. The summed E-state index contributed by atoms with van der Waals surface area (Å²) >= 11 is 0. The van der Waals surface area contributed by atoms with Crippen molar-refractivity contribution in [1.29, 1.82) is 0 Å². The highest BCUT2D eigenvalue weighted by Crippen LogP contribution is 2.09. The predicted octanol–water partition coefficient (Wildman–Crippen LogP) is 2.31. The monoisotopic (exact) mass is 348 g/mol. The van der Waals surface area contributed by atoms with Crippen LogP contribution in [-0.2, 0) is 11.3 Å². The van der Waals surface area contributed by atoms with E-state index in [2.05, 4.69) is 20.9 Å². The molecule has 0 saturated carbocycles. The van der Waals surface area contributed by atoms with Gasteiger partial charge in [-0.1, -0.05) is 12.1 Å². The first-order chi connectivity index (χ1) is 11.9. The molecule has 0 aromatic heterocycles. The summed E-state index contributed by atoms with van der Waals surface area (Å²) in [4.78, 5) is 16.9. The second-order valence-electron chi connectivity index (χ2n) is 6.87. The van der Waals surface area contributed by atoms with Gasteiger partial charge in [-0.3, -0.25) is 4.79 Å². The molecule has 0 spiro atoms. The van der Waals surface area contributed by atoms with Crippen LogP contribution in [0.1, 0.15) is 50.0 Å². The van der Waals surface area contributed by atoms with E-state index in [9.17, 15) is 4.79 Å². The predicted molar refractivity (Wildman–Crippen MR) is 103 cm³/mol. The van der Waals surface area contributed by atoms with Crippen LogP contribution in [0.5, 0.6) is 0 Å². The Morgan fingerprint density at radius 2 is 2.00 bits per heavy atom. The lowest BCUT2D eigenvalue weighted by molar-refractivity contribution is 0.0919.